The maximum absolute atomic E-state index is 11.9. The second kappa shape index (κ2) is 19.8. The summed E-state index contributed by atoms with van der Waals surface area (Å²) in [6, 6.07) is 0. The van der Waals surface area contributed by atoms with Gasteiger partial charge in [-0.25, -0.2) is 0 Å². The van der Waals surface area contributed by atoms with Crippen LogP contribution in [0.2, 0.25) is 0 Å². The topological polar surface area (TPSA) is 90.9 Å². The first-order chi connectivity index (χ1) is 13.8. The van der Waals surface area contributed by atoms with E-state index in [-0.39, 0.29) is 18.8 Å². The third-order valence-corrected chi connectivity index (χ3v) is 4.58. The number of hydrogen-bond acceptors (Lipinski definition) is 9. The first-order valence-electron chi connectivity index (χ1n) is 10.2. The van der Waals surface area contributed by atoms with Crippen LogP contribution in [0.5, 0.6) is 0 Å². The van der Waals surface area contributed by atoms with Gasteiger partial charge in [0.25, 0.3) is 0 Å². The maximum Gasteiger partial charge on any atom is 0.327 e. The van der Waals surface area contributed by atoms with Crippen LogP contribution in [0.15, 0.2) is 0 Å². The number of hydrogen-bond donors (Lipinski definition) is 0. The van der Waals surface area contributed by atoms with E-state index in [1.807, 2.05) is 27.7 Å². The fraction of sp³-hybridized carbons (Fsp3) is 1.00. The molecule has 0 saturated carbocycles. The molecule has 0 saturated heterocycles. The van der Waals surface area contributed by atoms with Crippen molar-refractivity contribution in [2.24, 2.45) is 0 Å². The van der Waals surface area contributed by atoms with Gasteiger partial charge in [-0.3, -0.25) is 4.57 Å². The summed E-state index contributed by atoms with van der Waals surface area (Å²) in [5, 5.41) is 0. The molecule has 0 heterocycles. The van der Waals surface area contributed by atoms with E-state index >= 15 is 0 Å². The van der Waals surface area contributed by atoms with Gasteiger partial charge in [-0.15, -0.1) is 0 Å². The van der Waals surface area contributed by atoms with E-state index < -0.39 is 7.60 Å². The molecule has 9 nitrogen and oxygen atoms in total. The smallest absolute Gasteiger partial charge is 0.327 e. The lowest BCUT2D eigenvalue weighted by Gasteiger charge is -2.16. The highest BCUT2D eigenvalue weighted by Crippen LogP contribution is 2.44. The number of ether oxygens (including phenoxy) is 6. The summed E-state index contributed by atoms with van der Waals surface area (Å²) in [6.07, 6.45) is 0.0958. The van der Waals surface area contributed by atoms with Crippen LogP contribution in [-0.2, 0) is 42.0 Å². The second-order valence-corrected chi connectivity index (χ2v) is 8.75. The van der Waals surface area contributed by atoms with Crippen molar-refractivity contribution >= 4 is 7.60 Å². The van der Waals surface area contributed by atoms with Crippen LogP contribution in [0, 0.1) is 0 Å². The minimum Gasteiger partial charge on any atom is -0.377 e. The van der Waals surface area contributed by atoms with E-state index in [0.29, 0.717) is 72.7 Å². The molecule has 0 aromatic rings. The fourth-order valence-electron chi connectivity index (χ4n) is 2.00. The Morgan fingerprint density at radius 2 is 0.897 bits per heavy atom. The molecule has 176 valence electrons. The predicted octanol–water partition coefficient (Wildman–Crippen LogP) is 2.76. The monoisotopic (exact) mass is 444 g/mol. The fourth-order valence-corrected chi connectivity index (χ4v) is 3.23. The van der Waals surface area contributed by atoms with Gasteiger partial charge in [-0.2, -0.15) is 0 Å². The van der Waals surface area contributed by atoms with Crippen molar-refractivity contribution in [1.82, 2.24) is 0 Å². The van der Waals surface area contributed by atoms with Gasteiger partial charge in [0.1, 0.15) is 0 Å². The molecule has 29 heavy (non-hydrogen) atoms. The van der Waals surface area contributed by atoms with Crippen LogP contribution < -0.4 is 0 Å². The lowest BCUT2D eigenvalue weighted by molar-refractivity contribution is -0.0221. The molecule has 10 heteroatoms. The molecule has 0 aromatic heterocycles. The van der Waals surface area contributed by atoms with Crippen molar-refractivity contribution in [2.75, 3.05) is 85.9 Å². The summed E-state index contributed by atoms with van der Waals surface area (Å²) < 4.78 is 54.5. The minimum atomic E-state index is -2.99. The Bertz CT molecular complexity index is 394. The standard InChI is InChI=1S/C19H41O9P/c1-18(2)26-16-14-24-12-10-22-8-6-21-7-9-23-11-13-25-15-17-27-29(5,20)28-19(3)4/h18-19H,6-17H2,1-5H3. The molecule has 1 atom stereocenters. The zero-order chi connectivity index (χ0) is 21.8. The average Bonchev–Trinajstić information content (AvgIpc) is 2.62. The van der Waals surface area contributed by atoms with Crippen LogP contribution in [-0.4, -0.2) is 98.2 Å². The van der Waals surface area contributed by atoms with Crippen molar-refractivity contribution in [3.05, 3.63) is 0 Å². The Hall–Kier alpha value is -0.0900. The summed E-state index contributed by atoms with van der Waals surface area (Å²) >= 11 is 0. The SMILES string of the molecule is CC(C)OCCOCCOCCOCCOCCOCCOP(C)(=O)OC(C)C. The average molecular weight is 445 g/mol. The van der Waals surface area contributed by atoms with Crippen molar-refractivity contribution in [3.8, 4) is 0 Å². The zero-order valence-corrected chi connectivity index (χ0v) is 19.7. The molecule has 0 radical (unpaired) electrons. The van der Waals surface area contributed by atoms with Crippen LogP contribution in [0.25, 0.3) is 0 Å². The molecule has 0 amide bonds. The molecule has 1 unspecified atom stereocenters. The molecule has 0 fully saturated rings. The molecule has 0 aromatic carbocycles. The van der Waals surface area contributed by atoms with Gasteiger partial charge < -0.3 is 37.5 Å². The van der Waals surface area contributed by atoms with E-state index in [0.717, 1.165) is 0 Å². The summed E-state index contributed by atoms with van der Waals surface area (Å²) in [5.74, 6) is 0. The van der Waals surface area contributed by atoms with E-state index in [2.05, 4.69) is 0 Å². The highest BCUT2D eigenvalue weighted by atomic mass is 31.2. The van der Waals surface area contributed by atoms with E-state index in [1.54, 1.807) is 0 Å². The maximum atomic E-state index is 11.9. The van der Waals surface area contributed by atoms with E-state index in [4.69, 9.17) is 37.5 Å². The largest absolute Gasteiger partial charge is 0.377 e. The quantitative estimate of drug-likeness (QED) is 0.185. The lowest BCUT2D eigenvalue weighted by Crippen LogP contribution is -2.15. The predicted molar refractivity (Wildman–Crippen MR) is 111 cm³/mol. The van der Waals surface area contributed by atoms with Crippen molar-refractivity contribution < 1.29 is 42.0 Å². The molecule has 0 aliphatic rings. The molecule has 0 aliphatic carbocycles. The van der Waals surface area contributed by atoms with Gasteiger partial charge >= 0.3 is 7.60 Å². The van der Waals surface area contributed by atoms with Crippen LogP contribution in [0.3, 0.4) is 0 Å². The van der Waals surface area contributed by atoms with Gasteiger partial charge in [-0.05, 0) is 27.7 Å². The van der Waals surface area contributed by atoms with Gasteiger partial charge in [0, 0.05) is 6.66 Å². The third-order valence-electron chi connectivity index (χ3n) is 3.12. The van der Waals surface area contributed by atoms with Gasteiger partial charge in [0.15, 0.2) is 0 Å². The Balaban J connectivity index is 3.16. The van der Waals surface area contributed by atoms with E-state index in [1.165, 1.54) is 6.66 Å². The van der Waals surface area contributed by atoms with Crippen molar-refractivity contribution in [3.63, 3.8) is 0 Å². The first-order valence-corrected chi connectivity index (χ1v) is 12.2. The van der Waals surface area contributed by atoms with Crippen LogP contribution in [0.4, 0.5) is 0 Å². The highest BCUT2D eigenvalue weighted by molar-refractivity contribution is 7.53. The lowest BCUT2D eigenvalue weighted by atomic mass is 10.5. The van der Waals surface area contributed by atoms with Gasteiger partial charge in [-0.1, -0.05) is 0 Å². The normalized spacial score (nSPS) is 14.0. The molecular weight excluding hydrogens is 403 g/mol. The van der Waals surface area contributed by atoms with Crippen LogP contribution in [0.1, 0.15) is 27.7 Å². The highest BCUT2D eigenvalue weighted by Gasteiger charge is 2.18. The molecule has 0 N–H and O–H groups in total. The Morgan fingerprint density at radius 3 is 1.24 bits per heavy atom. The van der Waals surface area contributed by atoms with Crippen molar-refractivity contribution in [1.29, 1.82) is 0 Å². The molecule has 0 aliphatic heterocycles. The molecule has 0 bridgehead atoms. The first kappa shape index (κ1) is 28.9. The van der Waals surface area contributed by atoms with Gasteiger partial charge in [0.2, 0.25) is 0 Å². The molecule has 0 rings (SSSR count). The molecule has 0 spiro atoms. The Morgan fingerprint density at radius 1 is 0.552 bits per heavy atom. The van der Waals surface area contributed by atoms with E-state index in [9.17, 15) is 4.57 Å². The summed E-state index contributed by atoms with van der Waals surface area (Å²) in [5.41, 5.74) is 0. The minimum absolute atomic E-state index is 0.136. The van der Waals surface area contributed by atoms with Crippen molar-refractivity contribution in [2.45, 2.75) is 39.9 Å². The third kappa shape index (κ3) is 24.1. The number of rotatable bonds is 22. The van der Waals surface area contributed by atoms with Gasteiger partial charge in [0.05, 0.1) is 91.5 Å². The zero-order valence-electron chi connectivity index (χ0n) is 18.8. The Labute approximate surface area is 176 Å². The summed E-state index contributed by atoms with van der Waals surface area (Å²) in [7, 11) is -2.99. The molecular formula is C19H41O9P. The summed E-state index contributed by atoms with van der Waals surface area (Å²) in [6.45, 7) is 14.8. The second-order valence-electron chi connectivity index (χ2n) is 6.74. The summed E-state index contributed by atoms with van der Waals surface area (Å²) in [4.78, 5) is 0. The van der Waals surface area contributed by atoms with Crippen LogP contribution >= 0.6 is 7.60 Å². The Kier molecular flexibility index (Phi) is 19.8.